The van der Waals surface area contributed by atoms with E-state index in [1.807, 2.05) is 0 Å². The van der Waals surface area contributed by atoms with E-state index in [1.54, 1.807) is 0 Å². The second-order valence-electron chi connectivity index (χ2n) is 6.34. The predicted octanol–water partition coefficient (Wildman–Crippen LogP) is 1.79. The van der Waals surface area contributed by atoms with E-state index in [0.717, 1.165) is 7.87 Å². The first-order valence-corrected chi connectivity index (χ1v) is 13.4. The van der Waals surface area contributed by atoms with Gasteiger partial charge in [0.2, 0.25) is 0 Å². The van der Waals surface area contributed by atoms with Crippen molar-refractivity contribution in [3.8, 4) is 0 Å². The molecule has 0 aromatic carbocycles. The molecule has 8 heteroatoms. The fraction of sp³-hybridized carbons (Fsp3) is 0.923. The number of rotatable bonds is 6. The average molecular weight is 404 g/mol. The van der Waals surface area contributed by atoms with Gasteiger partial charge in [0.05, 0.1) is 0 Å². The summed E-state index contributed by atoms with van der Waals surface area (Å²) in [6, 6.07) is 0. The molecule has 0 aliphatic heterocycles. The van der Waals surface area contributed by atoms with Gasteiger partial charge in [-0.25, -0.2) is 0 Å². The molecule has 0 unspecified atom stereocenters. The van der Waals surface area contributed by atoms with Gasteiger partial charge >= 0.3 is 135 Å². The molecular formula is C13H28BN3O3Sn. The van der Waals surface area contributed by atoms with Gasteiger partial charge in [0.1, 0.15) is 0 Å². The van der Waals surface area contributed by atoms with Gasteiger partial charge in [-0.05, 0) is 0 Å². The van der Waals surface area contributed by atoms with Gasteiger partial charge in [-0.15, -0.1) is 0 Å². The Morgan fingerprint density at radius 2 is 1.52 bits per heavy atom. The van der Waals surface area contributed by atoms with E-state index >= 15 is 0 Å². The standard InChI is InChI=1S/2C6H11.CH5BN3O3.Sn.H/c2*1-2-4-6-5-3-1;3-1(4)5-8-2(6)7;;/h2*1H,2-6H2;6H,(H4,3,4,5);;/q;;-1;+1;. The first-order valence-electron chi connectivity index (χ1n) is 8.26. The first kappa shape index (κ1) is 17.4. The number of nitrogens with one attached hydrogen (secondary N) is 2. The van der Waals surface area contributed by atoms with Crippen LogP contribution in [0.2, 0.25) is 7.87 Å². The van der Waals surface area contributed by atoms with Crippen molar-refractivity contribution in [1.82, 2.24) is 5.48 Å². The normalized spacial score (nSPS) is 21.4. The fourth-order valence-electron chi connectivity index (χ4n) is 3.81. The van der Waals surface area contributed by atoms with Crippen molar-refractivity contribution in [3.63, 3.8) is 0 Å². The van der Waals surface area contributed by atoms with Gasteiger partial charge in [0.25, 0.3) is 0 Å². The molecule has 2 aliphatic rings. The van der Waals surface area contributed by atoms with Gasteiger partial charge in [-0.1, -0.05) is 0 Å². The molecule has 0 aromatic heterocycles. The minimum absolute atomic E-state index is 0.320. The number of nitrogens with two attached hydrogens (primary N) is 1. The third kappa shape index (κ3) is 5.96. The molecule has 2 saturated carbocycles. The average Bonchev–Trinajstić information content (AvgIpc) is 2.52. The summed E-state index contributed by atoms with van der Waals surface area (Å²) in [7, 11) is -1.28. The number of guanidine groups is 1. The van der Waals surface area contributed by atoms with Gasteiger partial charge in [0, 0.05) is 0 Å². The molecule has 0 spiro atoms. The maximum absolute atomic E-state index is 9.92. The summed E-state index contributed by atoms with van der Waals surface area (Å²) in [4.78, 5) is 0. The van der Waals surface area contributed by atoms with Crippen LogP contribution in [0, 0.1) is 5.41 Å². The number of hydrogen-bond donors (Lipinski definition) is 4. The molecule has 0 heterocycles. The third-order valence-corrected chi connectivity index (χ3v) is 15.4. The summed E-state index contributed by atoms with van der Waals surface area (Å²) in [6.45, 7) is 0. The summed E-state index contributed by atoms with van der Waals surface area (Å²) in [5.74, 6) is -0.320. The minimum atomic E-state index is -2.36. The van der Waals surface area contributed by atoms with E-state index < -0.39 is 27.5 Å². The van der Waals surface area contributed by atoms with Crippen molar-refractivity contribution in [2.24, 2.45) is 5.73 Å². The SMILES string of the molecule is N=C(N)NOB(O)[O][SnH]([CH]1CCCCC1)[CH]1CCCCC1. The van der Waals surface area contributed by atoms with Crippen molar-refractivity contribution < 1.29 is 12.8 Å². The van der Waals surface area contributed by atoms with Crippen molar-refractivity contribution in [1.29, 1.82) is 5.41 Å². The Kier molecular flexibility index (Phi) is 7.63. The van der Waals surface area contributed by atoms with Crippen molar-refractivity contribution in [2.75, 3.05) is 0 Å². The molecule has 0 saturated heterocycles. The van der Waals surface area contributed by atoms with Gasteiger partial charge in [-0.2, -0.15) is 0 Å². The van der Waals surface area contributed by atoms with Gasteiger partial charge < -0.3 is 0 Å². The summed E-state index contributed by atoms with van der Waals surface area (Å²) in [5, 5.41) is 17.0. The van der Waals surface area contributed by atoms with Crippen molar-refractivity contribution in [2.45, 2.75) is 72.1 Å². The van der Waals surface area contributed by atoms with Crippen LogP contribution in [-0.2, 0) is 7.75 Å². The Morgan fingerprint density at radius 3 is 1.95 bits per heavy atom. The zero-order chi connectivity index (χ0) is 15.1. The molecule has 0 bridgehead atoms. The molecule has 0 amide bonds. The Labute approximate surface area is 135 Å². The molecule has 0 aromatic rings. The molecular weight excluding hydrogens is 376 g/mol. The zero-order valence-corrected chi connectivity index (χ0v) is 16.0. The quantitative estimate of drug-likeness (QED) is 0.234. The Hall–Kier alpha value is 0.0136. The summed E-state index contributed by atoms with van der Waals surface area (Å²) >= 11 is -2.36. The topological polar surface area (TPSA) is 101 Å². The monoisotopic (exact) mass is 405 g/mol. The van der Waals surface area contributed by atoms with E-state index in [-0.39, 0.29) is 5.96 Å². The zero-order valence-electron chi connectivity index (χ0n) is 12.7. The molecule has 0 atom stereocenters. The number of hydrogen-bond acceptors (Lipinski definition) is 4. The molecule has 2 aliphatic carbocycles. The second kappa shape index (κ2) is 9.22. The second-order valence-corrected chi connectivity index (χ2v) is 15.1. The Bertz CT molecular complexity index is 308. The Morgan fingerprint density at radius 1 is 1.05 bits per heavy atom. The van der Waals surface area contributed by atoms with Crippen LogP contribution in [0.25, 0.3) is 0 Å². The maximum atomic E-state index is 9.92. The summed E-state index contributed by atoms with van der Waals surface area (Å²) in [5.41, 5.74) is 7.33. The van der Waals surface area contributed by atoms with Gasteiger partial charge in [-0.3, -0.25) is 0 Å². The van der Waals surface area contributed by atoms with Gasteiger partial charge in [0.15, 0.2) is 0 Å². The van der Waals surface area contributed by atoms with Crippen LogP contribution in [0.4, 0.5) is 0 Å². The van der Waals surface area contributed by atoms with E-state index in [4.69, 9.17) is 18.9 Å². The molecule has 2 rings (SSSR count). The summed E-state index contributed by atoms with van der Waals surface area (Å²) in [6.07, 6.45) is 13.0. The molecule has 21 heavy (non-hydrogen) atoms. The number of hydroxylamine groups is 1. The van der Waals surface area contributed by atoms with Crippen LogP contribution in [0.3, 0.4) is 0 Å². The third-order valence-electron chi connectivity index (χ3n) is 4.77. The first-order chi connectivity index (χ1) is 10.2. The van der Waals surface area contributed by atoms with Crippen molar-refractivity contribution in [3.05, 3.63) is 0 Å². The van der Waals surface area contributed by atoms with E-state index in [9.17, 15) is 5.02 Å². The van der Waals surface area contributed by atoms with Crippen LogP contribution in [-0.4, -0.2) is 38.5 Å². The predicted molar refractivity (Wildman–Crippen MR) is 86.0 cm³/mol. The molecule has 0 radical (unpaired) electrons. The summed E-state index contributed by atoms with van der Waals surface area (Å²) < 4.78 is 12.4. The van der Waals surface area contributed by atoms with Crippen LogP contribution in [0.15, 0.2) is 0 Å². The Balaban J connectivity index is 1.91. The van der Waals surface area contributed by atoms with E-state index in [2.05, 4.69) is 5.48 Å². The van der Waals surface area contributed by atoms with E-state index in [1.165, 1.54) is 64.2 Å². The van der Waals surface area contributed by atoms with Crippen LogP contribution < -0.4 is 11.2 Å². The van der Waals surface area contributed by atoms with Crippen LogP contribution in [0.1, 0.15) is 64.2 Å². The van der Waals surface area contributed by atoms with Crippen molar-refractivity contribution >= 4 is 33.5 Å². The molecule has 6 nitrogen and oxygen atoms in total. The van der Waals surface area contributed by atoms with E-state index in [0.29, 0.717) is 0 Å². The molecule has 5 N–H and O–H groups in total. The van der Waals surface area contributed by atoms with Crippen LogP contribution >= 0.6 is 0 Å². The van der Waals surface area contributed by atoms with Crippen LogP contribution in [0.5, 0.6) is 0 Å². The molecule has 120 valence electrons. The molecule has 2 fully saturated rings. The fourth-order valence-corrected chi connectivity index (χ4v) is 14.6.